The normalized spacial score (nSPS) is 23.6. The zero-order chi connectivity index (χ0) is 22.4. The molecule has 3 aliphatic rings. The Kier molecular flexibility index (Phi) is 5.55. The zero-order valence-electron chi connectivity index (χ0n) is 17.7. The van der Waals surface area contributed by atoms with Crippen molar-refractivity contribution in [3.05, 3.63) is 35.4 Å². The molecule has 1 aromatic carbocycles. The Bertz CT molecular complexity index is 860. The van der Waals surface area contributed by atoms with E-state index < -0.39 is 11.8 Å². The van der Waals surface area contributed by atoms with Gasteiger partial charge < -0.3 is 14.9 Å². The summed E-state index contributed by atoms with van der Waals surface area (Å²) in [5.41, 5.74) is -3.07. The predicted octanol–water partition coefficient (Wildman–Crippen LogP) is 3.83. The topological polar surface area (TPSA) is 67.6 Å². The van der Waals surface area contributed by atoms with E-state index in [0.29, 0.717) is 12.5 Å². The van der Waals surface area contributed by atoms with E-state index >= 15 is 0 Å². The number of likely N-dealkylation sites (tertiary alicyclic amines) is 1. The molecular formula is C23H28F3N3O2. The molecule has 1 atom stereocenters. The van der Waals surface area contributed by atoms with Gasteiger partial charge in [-0.25, -0.2) is 0 Å². The highest BCUT2D eigenvalue weighted by molar-refractivity contribution is 5.95. The molecule has 2 aliphatic carbocycles. The molecule has 8 heteroatoms. The second-order valence-corrected chi connectivity index (χ2v) is 9.49. The minimum atomic E-state index is -4.79. The summed E-state index contributed by atoms with van der Waals surface area (Å²) in [5, 5.41) is 19.2. The first-order chi connectivity index (χ1) is 14.6. The molecule has 0 bridgehead atoms. The Hall–Kier alpha value is -2.11. The molecule has 1 heterocycles. The summed E-state index contributed by atoms with van der Waals surface area (Å²) >= 11 is 0. The van der Waals surface area contributed by atoms with Crippen LogP contribution in [-0.4, -0.2) is 58.7 Å². The van der Waals surface area contributed by atoms with E-state index in [-0.39, 0.29) is 29.0 Å². The van der Waals surface area contributed by atoms with Crippen LogP contribution in [0.5, 0.6) is 0 Å². The van der Waals surface area contributed by atoms with Gasteiger partial charge in [-0.2, -0.15) is 18.4 Å². The SMILES string of the molecule is CC(O)(c1ccc(C(=O)N(C2CC2)C2CCN(CC3(C#N)CC3)CC2)cc1)C(F)(F)F. The van der Waals surface area contributed by atoms with Crippen LogP contribution < -0.4 is 0 Å². The van der Waals surface area contributed by atoms with Crippen molar-refractivity contribution in [2.24, 2.45) is 5.41 Å². The number of nitrogens with zero attached hydrogens (tertiary/aromatic N) is 3. The van der Waals surface area contributed by atoms with Crippen molar-refractivity contribution in [3.63, 3.8) is 0 Å². The standard InChI is InChI=1S/C23H28F3N3O2/c1-21(31,23(24,25)26)17-4-2-16(3-5-17)20(30)29(18-6-7-18)19-8-12-28(13-9-19)15-22(14-27)10-11-22/h2-5,18-19,31H,6-13,15H2,1H3. The first-order valence-electron chi connectivity index (χ1n) is 10.9. The molecule has 2 saturated carbocycles. The van der Waals surface area contributed by atoms with Crippen molar-refractivity contribution >= 4 is 5.91 Å². The lowest BCUT2D eigenvalue weighted by atomic mass is 9.94. The summed E-state index contributed by atoms with van der Waals surface area (Å²) in [7, 11) is 0. The second kappa shape index (κ2) is 7.79. The van der Waals surface area contributed by atoms with Crippen LogP contribution in [0.3, 0.4) is 0 Å². The highest BCUT2D eigenvalue weighted by Gasteiger charge is 2.51. The van der Waals surface area contributed by atoms with E-state index in [2.05, 4.69) is 11.0 Å². The van der Waals surface area contributed by atoms with Crippen LogP contribution in [0.25, 0.3) is 0 Å². The van der Waals surface area contributed by atoms with Gasteiger partial charge in [0.05, 0.1) is 11.5 Å². The maximum absolute atomic E-state index is 13.2. The highest BCUT2D eigenvalue weighted by Crippen LogP contribution is 2.46. The molecule has 3 fully saturated rings. The van der Waals surface area contributed by atoms with Gasteiger partial charge in [0.15, 0.2) is 5.60 Å². The van der Waals surface area contributed by atoms with E-state index in [4.69, 9.17) is 0 Å². The number of carbonyl (C=O) groups excluding carboxylic acids is 1. The first-order valence-corrected chi connectivity index (χ1v) is 10.9. The summed E-state index contributed by atoms with van der Waals surface area (Å²) in [5.74, 6) is -0.158. The minimum absolute atomic E-state index is 0.103. The molecule has 4 rings (SSSR count). The smallest absolute Gasteiger partial charge is 0.376 e. The van der Waals surface area contributed by atoms with Crippen LogP contribution in [0.4, 0.5) is 13.2 Å². The Morgan fingerprint density at radius 2 is 1.71 bits per heavy atom. The summed E-state index contributed by atoms with van der Waals surface area (Å²) in [6.45, 7) is 3.20. The van der Waals surface area contributed by atoms with E-state index in [1.54, 1.807) is 0 Å². The second-order valence-electron chi connectivity index (χ2n) is 9.49. The molecule has 1 unspecified atom stereocenters. The van der Waals surface area contributed by atoms with Gasteiger partial charge in [0.1, 0.15) is 0 Å². The lowest BCUT2D eigenvalue weighted by Crippen LogP contribution is -2.49. The maximum Gasteiger partial charge on any atom is 0.421 e. The van der Waals surface area contributed by atoms with E-state index in [1.165, 1.54) is 24.3 Å². The summed E-state index contributed by atoms with van der Waals surface area (Å²) in [6.07, 6.45) is 0.710. The summed E-state index contributed by atoms with van der Waals surface area (Å²) in [6, 6.07) is 7.86. The molecule has 5 nitrogen and oxygen atoms in total. The summed E-state index contributed by atoms with van der Waals surface area (Å²) < 4.78 is 39.2. The van der Waals surface area contributed by atoms with Gasteiger partial charge in [-0.3, -0.25) is 4.79 Å². The van der Waals surface area contributed by atoms with E-state index in [9.17, 15) is 28.3 Å². The molecular weight excluding hydrogens is 407 g/mol. The molecule has 1 saturated heterocycles. The first kappa shape index (κ1) is 22.1. The van der Waals surface area contributed by atoms with Crippen LogP contribution >= 0.6 is 0 Å². The van der Waals surface area contributed by atoms with Crippen molar-refractivity contribution in [2.45, 2.75) is 69.3 Å². The number of nitriles is 1. The number of aliphatic hydroxyl groups is 1. The third-order valence-electron chi connectivity index (χ3n) is 6.99. The molecule has 0 spiro atoms. The molecule has 0 aromatic heterocycles. The quantitative estimate of drug-likeness (QED) is 0.738. The largest absolute Gasteiger partial charge is 0.421 e. The number of hydrogen-bond acceptors (Lipinski definition) is 4. The van der Waals surface area contributed by atoms with Gasteiger partial charge in [0.25, 0.3) is 5.91 Å². The lowest BCUT2D eigenvalue weighted by Gasteiger charge is -2.39. The van der Waals surface area contributed by atoms with Crippen LogP contribution in [0.1, 0.15) is 61.4 Å². The molecule has 168 valence electrons. The predicted molar refractivity (Wildman–Crippen MR) is 108 cm³/mol. The zero-order valence-corrected chi connectivity index (χ0v) is 17.7. The van der Waals surface area contributed by atoms with Gasteiger partial charge in [-0.1, -0.05) is 12.1 Å². The third-order valence-corrected chi connectivity index (χ3v) is 6.99. The van der Waals surface area contributed by atoms with Gasteiger partial charge in [-0.15, -0.1) is 0 Å². The number of piperidine rings is 1. The molecule has 1 amide bonds. The van der Waals surface area contributed by atoms with Crippen molar-refractivity contribution in [2.75, 3.05) is 19.6 Å². The van der Waals surface area contributed by atoms with Crippen molar-refractivity contribution in [1.29, 1.82) is 5.26 Å². The monoisotopic (exact) mass is 435 g/mol. The number of rotatable bonds is 6. The van der Waals surface area contributed by atoms with Gasteiger partial charge >= 0.3 is 6.18 Å². The van der Waals surface area contributed by atoms with Gasteiger partial charge in [-0.05, 0) is 63.1 Å². The fourth-order valence-electron chi connectivity index (χ4n) is 4.47. The highest BCUT2D eigenvalue weighted by atomic mass is 19.4. The fraction of sp³-hybridized carbons (Fsp3) is 0.652. The maximum atomic E-state index is 13.2. The lowest BCUT2D eigenvalue weighted by molar-refractivity contribution is -0.258. The average molecular weight is 435 g/mol. The van der Waals surface area contributed by atoms with Crippen LogP contribution in [0.2, 0.25) is 0 Å². The van der Waals surface area contributed by atoms with E-state index in [0.717, 1.165) is 58.2 Å². The summed E-state index contributed by atoms with van der Waals surface area (Å²) in [4.78, 5) is 17.5. The van der Waals surface area contributed by atoms with Gasteiger partial charge in [0, 0.05) is 37.3 Å². The number of benzene rings is 1. The number of alkyl halides is 3. The van der Waals surface area contributed by atoms with Crippen molar-refractivity contribution in [3.8, 4) is 6.07 Å². The van der Waals surface area contributed by atoms with Crippen molar-refractivity contribution < 1.29 is 23.1 Å². The van der Waals surface area contributed by atoms with Crippen LogP contribution in [0.15, 0.2) is 24.3 Å². The number of carbonyl (C=O) groups is 1. The average Bonchev–Trinajstić information content (AvgIpc) is 3.65. The fourth-order valence-corrected chi connectivity index (χ4v) is 4.47. The molecule has 31 heavy (non-hydrogen) atoms. The molecule has 1 aromatic rings. The Morgan fingerprint density at radius 1 is 1.16 bits per heavy atom. The number of hydrogen-bond donors (Lipinski definition) is 1. The number of halogens is 3. The van der Waals surface area contributed by atoms with Gasteiger partial charge in [0.2, 0.25) is 0 Å². The molecule has 1 aliphatic heterocycles. The Morgan fingerprint density at radius 3 is 2.16 bits per heavy atom. The van der Waals surface area contributed by atoms with Crippen LogP contribution in [-0.2, 0) is 5.60 Å². The van der Waals surface area contributed by atoms with Crippen LogP contribution in [0, 0.1) is 16.7 Å². The molecule has 0 radical (unpaired) electrons. The molecule has 1 N–H and O–H groups in total. The minimum Gasteiger partial charge on any atom is -0.376 e. The van der Waals surface area contributed by atoms with E-state index in [1.807, 2.05) is 4.90 Å². The number of amides is 1. The Labute approximate surface area is 180 Å². The Balaban J connectivity index is 1.42. The van der Waals surface area contributed by atoms with Crippen molar-refractivity contribution in [1.82, 2.24) is 9.80 Å². The third kappa shape index (κ3) is 4.44.